The lowest BCUT2D eigenvalue weighted by molar-refractivity contribution is 0.754. The first-order valence-electron chi connectivity index (χ1n) is 9.16. The van der Waals surface area contributed by atoms with Gasteiger partial charge in [0.2, 0.25) is 0 Å². The van der Waals surface area contributed by atoms with Crippen LogP contribution in [0.4, 0.5) is 11.4 Å². The van der Waals surface area contributed by atoms with Crippen LogP contribution in [0.15, 0.2) is 48.1 Å². The van der Waals surface area contributed by atoms with Crippen molar-refractivity contribution in [2.75, 3.05) is 5.32 Å². The van der Waals surface area contributed by atoms with Crippen molar-refractivity contribution in [2.24, 2.45) is 10.9 Å². The number of aliphatic imine (C=N–C) groups is 1. The number of nitrogens with zero attached hydrogens (tertiary/aromatic N) is 1. The van der Waals surface area contributed by atoms with E-state index in [0.717, 1.165) is 24.2 Å². The Balaban J connectivity index is 2.55. The van der Waals surface area contributed by atoms with Crippen molar-refractivity contribution in [3.05, 3.63) is 59.8 Å². The van der Waals surface area contributed by atoms with Gasteiger partial charge in [-0.2, -0.15) is 0 Å². The minimum Gasteiger partial charge on any atom is -0.362 e. The number of rotatable bonds is 7. The summed E-state index contributed by atoms with van der Waals surface area (Å²) in [5, 5.41) is 3.29. The average Bonchev–Trinajstić information content (AvgIpc) is 2.60. The first-order valence-corrected chi connectivity index (χ1v) is 9.16. The van der Waals surface area contributed by atoms with E-state index < -0.39 is 0 Å². The van der Waals surface area contributed by atoms with E-state index in [1.54, 1.807) is 6.20 Å². The molecule has 0 spiro atoms. The normalized spacial score (nSPS) is 12.4. The molecule has 0 radical (unpaired) electrons. The Hall–Kier alpha value is -2.35. The Morgan fingerprint density at radius 1 is 1.16 bits per heavy atom. The zero-order valence-electron chi connectivity index (χ0n) is 16.2. The van der Waals surface area contributed by atoms with E-state index in [0.29, 0.717) is 5.92 Å². The van der Waals surface area contributed by atoms with E-state index in [9.17, 15) is 0 Å². The monoisotopic (exact) mass is 334 g/mol. The number of anilines is 1. The molecular weight excluding hydrogens is 304 g/mol. The Morgan fingerprint density at radius 3 is 2.56 bits per heavy atom. The molecule has 0 aliphatic rings. The third kappa shape index (κ3) is 4.60. The number of hydrogen-bond donors (Lipinski definition) is 1. The highest BCUT2D eigenvalue weighted by molar-refractivity contribution is 5.79. The molecule has 0 heterocycles. The van der Waals surface area contributed by atoms with Gasteiger partial charge in [-0.05, 0) is 78.8 Å². The summed E-state index contributed by atoms with van der Waals surface area (Å²) in [6, 6.07) is 11.0. The fourth-order valence-electron chi connectivity index (χ4n) is 2.92. The van der Waals surface area contributed by atoms with Gasteiger partial charge < -0.3 is 5.32 Å². The van der Waals surface area contributed by atoms with E-state index in [-0.39, 0.29) is 0 Å². The van der Waals surface area contributed by atoms with Crippen LogP contribution in [0.3, 0.4) is 0 Å². The zero-order chi connectivity index (χ0) is 18.4. The van der Waals surface area contributed by atoms with Gasteiger partial charge in [0.05, 0.1) is 5.69 Å². The maximum Gasteiger partial charge on any atom is 0.0661 e. The first kappa shape index (κ1) is 19.0. The van der Waals surface area contributed by atoms with Gasteiger partial charge in [-0.25, -0.2) is 0 Å². The second-order valence-corrected chi connectivity index (χ2v) is 6.71. The summed E-state index contributed by atoms with van der Waals surface area (Å²) >= 11 is 0. The largest absolute Gasteiger partial charge is 0.362 e. The second kappa shape index (κ2) is 8.66. The second-order valence-electron chi connectivity index (χ2n) is 6.71. The standard InChI is InChI=1S/C23H30N2/c1-7-16(4)15-25-22-14-19(11-10-18(22)6)21-12-17(5)13-23(24-9-3)20(21)8-2/h9-16,24H,3,7-8H2,1-2,4-6H3. The average molecular weight is 335 g/mol. The topological polar surface area (TPSA) is 24.4 Å². The maximum atomic E-state index is 4.74. The van der Waals surface area contributed by atoms with Crippen molar-refractivity contribution in [2.45, 2.75) is 47.5 Å². The molecule has 0 aliphatic heterocycles. The minimum atomic E-state index is 0.497. The summed E-state index contributed by atoms with van der Waals surface area (Å²) in [6.07, 6.45) is 5.88. The van der Waals surface area contributed by atoms with Crippen molar-refractivity contribution in [3.63, 3.8) is 0 Å². The van der Waals surface area contributed by atoms with E-state index in [1.807, 2.05) is 0 Å². The molecule has 1 N–H and O–H groups in total. The molecular formula is C23H30N2. The summed E-state index contributed by atoms with van der Waals surface area (Å²) in [5.41, 5.74) is 8.44. The smallest absolute Gasteiger partial charge is 0.0661 e. The van der Waals surface area contributed by atoms with Gasteiger partial charge in [-0.15, -0.1) is 0 Å². The lowest BCUT2D eigenvalue weighted by atomic mass is 9.93. The molecule has 2 nitrogen and oxygen atoms in total. The molecule has 25 heavy (non-hydrogen) atoms. The van der Waals surface area contributed by atoms with Crippen LogP contribution in [0.2, 0.25) is 0 Å². The molecule has 2 heteroatoms. The van der Waals surface area contributed by atoms with Crippen LogP contribution in [-0.4, -0.2) is 6.21 Å². The van der Waals surface area contributed by atoms with Crippen molar-refractivity contribution >= 4 is 17.6 Å². The molecule has 0 aromatic heterocycles. The van der Waals surface area contributed by atoms with Crippen molar-refractivity contribution in [1.29, 1.82) is 0 Å². The predicted octanol–water partition coefficient (Wildman–Crippen LogP) is 6.84. The summed E-state index contributed by atoms with van der Waals surface area (Å²) in [4.78, 5) is 4.74. The molecule has 1 unspecified atom stereocenters. The highest BCUT2D eigenvalue weighted by atomic mass is 14.8. The molecule has 132 valence electrons. The molecule has 2 aromatic carbocycles. The van der Waals surface area contributed by atoms with Crippen molar-refractivity contribution < 1.29 is 0 Å². The van der Waals surface area contributed by atoms with E-state index in [4.69, 9.17) is 4.99 Å². The fraction of sp³-hybridized carbons (Fsp3) is 0.348. The Morgan fingerprint density at radius 2 is 1.92 bits per heavy atom. The van der Waals surface area contributed by atoms with Crippen LogP contribution >= 0.6 is 0 Å². The SMILES string of the molecule is C=CNc1cc(C)cc(-c2ccc(C)c(N=CC(C)CC)c2)c1CC. The van der Waals surface area contributed by atoms with Gasteiger partial charge in [0.25, 0.3) is 0 Å². The van der Waals surface area contributed by atoms with Gasteiger partial charge >= 0.3 is 0 Å². The lowest BCUT2D eigenvalue weighted by Crippen LogP contribution is -1.98. The Kier molecular flexibility index (Phi) is 6.58. The Labute approximate surface area is 152 Å². The summed E-state index contributed by atoms with van der Waals surface area (Å²) in [6.45, 7) is 14.6. The summed E-state index contributed by atoms with van der Waals surface area (Å²) in [7, 11) is 0. The first-order chi connectivity index (χ1) is 12.0. The predicted molar refractivity (Wildman–Crippen MR) is 112 cm³/mol. The van der Waals surface area contributed by atoms with E-state index in [1.165, 1.54) is 27.8 Å². The highest BCUT2D eigenvalue weighted by Gasteiger charge is 2.11. The number of aryl methyl sites for hydroxylation is 2. The number of benzene rings is 2. The van der Waals surface area contributed by atoms with E-state index >= 15 is 0 Å². The van der Waals surface area contributed by atoms with Gasteiger partial charge in [-0.3, -0.25) is 4.99 Å². The molecule has 0 amide bonds. The van der Waals surface area contributed by atoms with Gasteiger partial charge in [0.15, 0.2) is 0 Å². The molecule has 0 aliphatic carbocycles. The third-order valence-corrected chi connectivity index (χ3v) is 4.64. The molecule has 0 saturated heterocycles. The van der Waals surface area contributed by atoms with Crippen LogP contribution < -0.4 is 5.32 Å². The van der Waals surface area contributed by atoms with Gasteiger partial charge in [0.1, 0.15) is 0 Å². The van der Waals surface area contributed by atoms with Crippen LogP contribution in [0.5, 0.6) is 0 Å². The minimum absolute atomic E-state index is 0.497. The highest BCUT2D eigenvalue weighted by Crippen LogP contribution is 2.34. The number of hydrogen-bond acceptors (Lipinski definition) is 2. The van der Waals surface area contributed by atoms with Gasteiger partial charge in [0, 0.05) is 11.9 Å². The molecule has 0 saturated carbocycles. The fourth-order valence-corrected chi connectivity index (χ4v) is 2.92. The maximum absolute atomic E-state index is 4.74. The van der Waals surface area contributed by atoms with Crippen molar-refractivity contribution in [1.82, 2.24) is 0 Å². The molecule has 0 bridgehead atoms. The van der Waals surface area contributed by atoms with Crippen LogP contribution in [-0.2, 0) is 6.42 Å². The zero-order valence-corrected chi connectivity index (χ0v) is 16.2. The lowest BCUT2D eigenvalue weighted by Gasteiger charge is -2.16. The molecule has 2 rings (SSSR count). The molecule has 0 fully saturated rings. The molecule has 1 atom stereocenters. The van der Waals surface area contributed by atoms with Crippen LogP contribution in [0.25, 0.3) is 11.1 Å². The summed E-state index contributed by atoms with van der Waals surface area (Å²) < 4.78 is 0. The van der Waals surface area contributed by atoms with Gasteiger partial charge in [-0.1, -0.05) is 45.5 Å². The van der Waals surface area contributed by atoms with E-state index in [2.05, 4.69) is 83.1 Å². The molecule has 2 aromatic rings. The van der Waals surface area contributed by atoms with Crippen LogP contribution in [0, 0.1) is 19.8 Å². The van der Waals surface area contributed by atoms with Crippen LogP contribution in [0.1, 0.15) is 43.9 Å². The number of nitrogens with one attached hydrogen (secondary N) is 1. The third-order valence-electron chi connectivity index (χ3n) is 4.64. The summed E-state index contributed by atoms with van der Waals surface area (Å²) in [5.74, 6) is 0.497. The Bertz CT molecular complexity index is 772. The van der Waals surface area contributed by atoms with Crippen molar-refractivity contribution in [3.8, 4) is 11.1 Å². The quantitative estimate of drug-likeness (QED) is 0.551.